The van der Waals surface area contributed by atoms with Crippen LogP contribution < -0.4 is 5.32 Å². The minimum atomic E-state index is -0.627. The Morgan fingerprint density at radius 2 is 2.12 bits per heavy atom. The fraction of sp³-hybridized carbons (Fsp3) is 1.00. The summed E-state index contributed by atoms with van der Waals surface area (Å²) in [6.07, 6.45) is 5.28. The van der Waals surface area contributed by atoms with Crippen LogP contribution in [0, 0.1) is 0 Å². The minimum Gasteiger partial charge on any atom is -0.389 e. The van der Waals surface area contributed by atoms with Gasteiger partial charge in [-0.15, -0.1) is 0 Å². The predicted molar refractivity (Wildman–Crippen MR) is 73.3 cm³/mol. The van der Waals surface area contributed by atoms with Crippen LogP contribution in [0.5, 0.6) is 0 Å². The van der Waals surface area contributed by atoms with Crippen molar-refractivity contribution in [2.45, 2.75) is 71.1 Å². The molecule has 1 saturated heterocycles. The molecule has 0 aromatic carbocycles. The lowest BCUT2D eigenvalue weighted by molar-refractivity contribution is 0.0438. The molecule has 0 bridgehead atoms. The maximum absolute atomic E-state index is 9.80. The third-order valence-electron chi connectivity index (χ3n) is 4.07. The molecule has 0 aromatic rings. The Bertz CT molecular complexity index is 213. The highest BCUT2D eigenvalue weighted by atomic mass is 16.3. The van der Waals surface area contributed by atoms with Gasteiger partial charge >= 0.3 is 0 Å². The quantitative estimate of drug-likeness (QED) is 0.699. The molecule has 0 spiro atoms. The van der Waals surface area contributed by atoms with E-state index in [2.05, 4.69) is 17.1 Å². The van der Waals surface area contributed by atoms with Gasteiger partial charge < -0.3 is 15.3 Å². The average molecular weight is 242 g/mol. The van der Waals surface area contributed by atoms with E-state index in [9.17, 15) is 5.11 Å². The summed E-state index contributed by atoms with van der Waals surface area (Å²) in [7, 11) is 0. The Balaban J connectivity index is 2.11. The first-order valence-corrected chi connectivity index (χ1v) is 7.11. The topological polar surface area (TPSA) is 35.5 Å². The van der Waals surface area contributed by atoms with E-state index in [0.29, 0.717) is 0 Å². The van der Waals surface area contributed by atoms with Crippen molar-refractivity contribution >= 4 is 0 Å². The molecular weight excluding hydrogens is 212 g/mol. The zero-order valence-electron chi connectivity index (χ0n) is 12.0. The molecule has 102 valence electrons. The van der Waals surface area contributed by atoms with E-state index in [1.807, 2.05) is 20.8 Å². The molecule has 2 unspecified atom stereocenters. The van der Waals surface area contributed by atoms with Crippen LogP contribution >= 0.6 is 0 Å². The van der Waals surface area contributed by atoms with Crippen LogP contribution in [0.4, 0.5) is 0 Å². The van der Waals surface area contributed by atoms with Gasteiger partial charge in [-0.25, -0.2) is 0 Å². The summed E-state index contributed by atoms with van der Waals surface area (Å²) in [5.41, 5.74) is -0.627. The van der Waals surface area contributed by atoms with E-state index in [4.69, 9.17) is 0 Å². The van der Waals surface area contributed by atoms with E-state index in [0.717, 1.165) is 12.6 Å². The summed E-state index contributed by atoms with van der Waals surface area (Å²) in [4.78, 5) is 2.60. The third-order valence-corrected chi connectivity index (χ3v) is 4.07. The maximum atomic E-state index is 9.80. The Kier molecular flexibility index (Phi) is 5.90. The largest absolute Gasteiger partial charge is 0.389 e. The first kappa shape index (κ1) is 14.9. The van der Waals surface area contributed by atoms with Gasteiger partial charge in [0.05, 0.1) is 5.60 Å². The number of nitrogens with zero attached hydrogens (tertiary/aromatic N) is 1. The molecule has 1 aliphatic heterocycles. The van der Waals surface area contributed by atoms with Crippen molar-refractivity contribution in [2.24, 2.45) is 0 Å². The van der Waals surface area contributed by atoms with E-state index in [-0.39, 0.29) is 6.04 Å². The second kappa shape index (κ2) is 6.72. The minimum absolute atomic E-state index is 0.154. The van der Waals surface area contributed by atoms with Gasteiger partial charge in [-0.1, -0.05) is 6.42 Å². The van der Waals surface area contributed by atoms with Gasteiger partial charge in [0.25, 0.3) is 0 Å². The SMILES string of the molecule is CC1CCCCN1CCCNC(C)C(C)(C)O. The number of aliphatic hydroxyl groups is 1. The van der Waals surface area contributed by atoms with Gasteiger partial charge in [0, 0.05) is 12.1 Å². The van der Waals surface area contributed by atoms with E-state index >= 15 is 0 Å². The molecule has 3 heteroatoms. The maximum Gasteiger partial charge on any atom is 0.0741 e. The van der Waals surface area contributed by atoms with Gasteiger partial charge in [0.15, 0.2) is 0 Å². The lowest BCUT2D eigenvalue weighted by Gasteiger charge is -2.33. The average Bonchev–Trinajstić information content (AvgIpc) is 2.25. The van der Waals surface area contributed by atoms with Crippen molar-refractivity contribution in [2.75, 3.05) is 19.6 Å². The first-order chi connectivity index (χ1) is 7.91. The smallest absolute Gasteiger partial charge is 0.0741 e. The molecular formula is C14H30N2O. The zero-order chi connectivity index (χ0) is 12.9. The van der Waals surface area contributed by atoms with Crippen LogP contribution in [0.25, 0.3) is 0 Å². The zero-order valence-corrected chi connectivity index (χ0v) is 12.0. The summed E-state index contributed by atoms with van der Waals surface area (Å²) in [5, 5.41) is 13.2. The fourth-order valence-corrected chi connectivity index (χ4v) is 2.34. The highest BCUT2D eigenvalue weighted by Gasteiger charge is 2.21. The monoisotopic (exact) mass is 242 g/mol. The number of piperidine rings is 1. The van der Waals surface area contributed by atoms with Crippen molar-refractivity contribution in [3.63, 3.8) is 0 Å². The van der Waals surface area contributed by atoms with Gasteiger partial charge in [-0.3, -0.25) is 0 Å². The highest BCUT2D eigenvalue weighted by Crippen LogP contribution is 2.16. The molecule has 1 rings (SSSR count). The fourth-order valence-electron chi connectivity index (χ4n) is 2.34. The van der Waals surface area contributed by atoms with Crippen molar-refractivity contribution < 1.29 is 5.11 Å². The van der Waals surface area contributed by atoms with Gasteiger partial charge in [0.1, 0.15) is 0 Å². The van der Waals surface area contributed by atoms with E-state index < -0.39 is 5.60 Å². The molecule has 1 fully saturated rings. The lowest BCUT2D eigenvalue weighted by atomic mass is 10.0. The molecule has 0 radical (unpaired) electrons. The molecule has 0 saturated carbocycles. The number of nitrogens with one attached hydrogen (secondary N) is 1. The number of rotatable bonds is 6. The molecule has 17 heavy (non-hydrogen) atoms. The second-order valence-corrected chi connectivity index (χ2v) is 6.06. The Morgan fingerprint density at radius 3 is 2.71 bits per heavy atom. The number of likely N-dealkylation sites (tertiary alicyclic amines) is 1. The van der Waals surface area contributed by atoms with Crippen LogP contribution in [0.2, 0.25) is 0 Å². The highest BCUT2D eigenvalue weighted by molar-refractivity contribution is 4.80. The molecule has 0 aliphatic carbocycles. The number of hydrogen-bond acceptors (Lipinski definition) is 3. The molecule has 2 atom stereocenters. The van der Waals surface area contributed by atoms with E-state index in [1.54, 1.807) is 0 Å². The molecule has 0 aromatic heterocycles. The Hall–Kier alpha value is -0.120. The van der Waals surface area contributed by atoms with Crippen molar-refractivity contribution in [1.29, 1.82) is 0 Å². The van der Waals surface area contributed by atoms with Gasteiger partial charge in [-0.2, -0.15) is 0 Å². The van der Waals surface area contributed by atoms with Crippen LogP contribution in [0.3, 0.4) is 0 Å². The van der Waals surface area contributed by atoms with Crippen molar-refractivity contribution in [3.8, 4) is 0 Å². The summed E-state index contributed by atoms with van der Waals surface area (Å²) in [5.74, 6) is 0. The molecule has 1 aliphatic rings. The molecule has 2 N–H and O–H groups in total. The Labute approximate surface area is 107 Å². The van der Waals surface area contributed by atoms with Crippen LogP contribution in [-0.4, -0.2) is 47.3 Å². The van der Waals surface area contributed by atoms with Gasteiger partial charge in [-0.05, 0) is 66.6 Å². The summed E-state index contributed by atoms with van der Waals surface area (Å²) < 4.78 is 0. The molecule has 1 heterocycles. The van der Waals surface area contributed by atoms with Crippen LogP contribution in [0.1, 0.15) is 53.4 Å². The lowest BCUT2D eigenvalue weighted by Crippen LogP contribution is -2.45. The molecule has 3 nitrogen and oxygen atoms in total. The van der Waals surface area contributed by atoms with Gasteiger partial charge in [0.2, 0.25) is 0 Å². The molecule has 0 amide bonds. The summed E-state index contributed by atoms with van der Waals surface area (Å²) in [6, 6.07) is 0.914. The summed E-state index contributed by atoms with van der Waals surface area (Å²) in [6.45, 7) is 11.5. The predicted octanol–water partition coefficient (Wildman–Crippen LogP) is 2.00. The first-order valence-electron chi connectivity index (χ1n) is 7.11. The second-order valence-electron chi connectivity index (χ2n) is 6.06. The normalized spacial score (nSPS) is 24.9. The van der Waals surface area contributed by atoms with Crippen LogP contribution in [0.15, 0.2) is 0 Å². The summed E-state index contributed by atoms with van der Waals surface area (Å²) >= 11 is 0. The Morgan fingerprint density at radius 1 is 1.41 bits per heavy atom. The van der Waals surface area contributed by atoms with Crippen LogP contribution in [-0.2, 0) is 0 Å². The van der Waals surface area contributed by atoms with Crippen molar-refractivity contribution in [1.82, 2.24) is 10.2 Å². The van der Waals surface area contributed by atoms with Crippen molar-refractivity contribution in [3.05, 3.63) is 0 Å². The van der Waals surface area contributed by atoms with E-state index in [1.165, 1.54) is 38.8 Å². The third kappa shape index (κ3) is 5.36. The standard InChI is InChI=1S/C14H30N2O/c1-12-8-5-6-10-16(12)11-7-9-15-13(2)14(3,4)17/h12-13,15,17H,5-11H2,1-4H3. The number of hydrogen-bond donors (Lipinski definition) is 2.